The summed E-state index contributed by atoms with van der Waals surface area (Å²) in [5.74, 6) is -0.903. The number of nitrogens with one attached hydrogen (secondary N) is 1. The number of carboxylic acid groups (broad SMARTS) is 1. The third-order valence-corrected chi connectivity index (χ3v) is 4.27. The number of likely N-dealkylation sites (tertiary alicyclic amines) is 1. The molecule has 0 aromatic heterocycles. The number of nitrogens with zero attached hydrogens (tertiary/aromatic N) is 1. The highest BCUT2D eigenvalue weighted by atomic mass is 35.5. The Morgan fingerprint density at radius 2 is 1.88 bits per heavy atom. The highest BCUT2D eigenvalue weighted by Gasteiger charge is 2.48. The minimum absolute atomic E-state index is 0.0653. The topological polar surface area (TPSA) is 78.9 Å². The predicted molar refractivity (Wildman–Crippen MR) is 95.8 cm³/mol. The zero-order valence-corrected chi connectivity index (χ0v) is 15.8. The SMILES string of the molecule is C[C@H](NC1(CC(=O)O)CN(C(=O)OC(C)(C)C)C1)c1ccc(Cl)cc1. The molecule has 1 heterocycles. The van der Waals surface area contributed by atoms with E-state index >= 15 is 0 Å². The molecule has 0 radical (unpaired) electrons. The van der Waals surface area contributed by atoms with Crippen molar-refractivity contribution in [3.8, 4) is 0 Å². The lowest BCUT2D eigenvalue weighted by molar-refractivity contribution is -0.141. The Bertz CT molecular complexity index is 633. The third kappa shape index (κ3) is 5.34. The van der Waals surface area contributed by atoms with Crippen LogP contribution in [0, 0.1) is 0 Å². The van der Waals surface area contributed by atoms with Gasteiger partial charge in [0.2, 0.25) is 0 Å². The van der Waals surface area contributed by atoms with Crippen LogP contribution in [0.15, 0.2) is 24.3 Å². The summed E-state index contributed by atoms with van der Waals surface area (Å²) in [7, 11) is 0. The monoisotopic (exact) mass is 368 g/mol. The average molecular weight is 369 g/mol. The van der Waals surface area contributed by atoms with E-state index in [1.807, 2.05) is 19.1 Å². The van der Waals surface area contributed by atoms with Crippen LogP contribution in [0.1, 0.15) is 45.7 Å². The van der Waals surface area contributed by atoms with Gasteiger partial charge in [-0.15, -0.1) is 0 Å². The summed E-state index contributed by atoms with van der Waals surface area (Å²) in [5, 5.41) is 13.3. The summed E-state index contributed by atoms with van der Waals surface area (Å²) in [6.07, 6.45) is -0.487. The zero-order chi connectivity index (χ0) is 18.8. The quantitative estimate of drug-likeness (QED) is 0.832. The van der Waals surface area contributed by atoms with Crippen LogP contribution in [0.2, 0.25) is 5.02 Å². The molecule has 1 aliphatic rings. The van der Waals surface area contributed by atoms with E-state index in [1.54, 1.807) is 32.9 Å². The molecule has 0 saturated carbocycles. The van der Waals surface area contributed by atoms with E-state index in [1.165, 1.54) is 4.90 Å². The van der Waals surface area contributed by atoms with Gasteiger partial charge < -0.3 is 20.1 Å². The Kier molecular flexibility index (Phi) is 5.64. The lowest BCUT2D eigenvalue weighted by Crippen LogP contribution is -2.71. The normalized spacial score (nSPS) is 17.6. The summed E-state index contributed by atoms with van der Waals surface area (Å²) in [5.41, 5.74) is -0.238. The van der Waals surface area contributed by atoms with Crippen LogP contribution in [0.4, 0.5) is 4.79 Å². The maximum atomic E-state index is 12.1. The van der Waals surface area contributed by atoms with Crippen molar-refractivity contribution >= 4 is 23.7 Å². The fourth-order valence-electron chi connectivity index (χ4n) is 2.98. The smallest absolute Gasteiger partial charge is 0.410 e. The van der Waals surface area contributed by atoms with Gasteiger partial charge in [-0.05, 0) is 45.4 Å². The van der Waals surface area contributed by atoms with Gasteiger partial charge in [-0.25, -0.2) is 4.79 Å². The third-order valence-electron chi connectivity index (χ3n) is 4.02. The largest absolute Gasteiger partial charge is 0.481 e. The number of ether oxygens (including phenoxy) is 1. The van der Waals surface area contributed by atoms with Crippen LogP contribution in [-0.4, -0.2) is 46.3 Å². The molecule has 1 atom stereocenters. The standard InChI is InChI=1S/C18H25ClN2O4/c1-12(13-5-7-14(19)8-6-13)20-18(9-15(22)23)10-21(11-18)16(24)25-17(2,3)4/h5-8,12,20H,9-11H2,1-4H3,(H,22,23)/t12-/m0/s1. The molecule has 0 unspecified atom stereocenters. The predicted octanol–water partition coefficient (Wildman–Crippen LogP) is 3.45. The molecule has 0 aliphatic carbocycles. The number of halogens is 1. The number of carboxylic acids is 1. The van der Waals surface area contributed by atoms with Crippen LogP contribution in [-0.2, 0) is 9.53 Å². The first-order chi connectivity index (χ1) is 11.5. The van der Waals surface area contributed by atoms with Gasteiger partial charge in [0.25, 0.3) is 0 Å². The number of carbonyl (C=O) groups excluding carboxylic acids is 1. The van der Waals surface area contributed by atoms with Crippen molar-refractivity contribution < 1.29 is 19.4 Å². The fourth-order valence-corrected chi connectivity index (χ4v) is 3.10. The number of carbonyl (C=O) groups is 2. The average Bonchev–Trinajstić information content (AvgIpc) is 2.42. The molecule has 1 aliphatic heterocycles. The fraction of sp³-hybridized carbons (Fsp3) is 0.556. The van der Waals surface area contributed by atoms with Crippen LogP contribution in [0.25, 0.3) is 0 Å². The van der Waals surface area contributed by atoms with Gasteiger partial charge in [0.15, 0.2) is 0 Å². The molecule has 138 valence electrons. The number of hydrogen-bond acceptors (Lipinski definition) is 4. The highest BCUT2D eigenvalue weighted by molar-refractivity contribution is 6.30. The second kappa shape index (κ2) is 7.22. The van der Waals surface area contributed by atoms with E-state index in [4.69, 9.17) is 16.3 Å². The summed E-state index contributed by atoms with van der Waals surface area (Å²) in [6, 6.07) is 7.33. The summed E-state index contributed by atoms with van der Waals surface area (Å²) in [4.78, 5) is 24.9. The first kappa shape index (κ1) is 19.5. The van der Waals surface area contributed by atoms with E-state index in [-0.39, 0.29) is 12.5 Å². The maximum absolute atomic E-state index is 12.1. The van der Waals surface area contributed by atoms with Gasteiger partial charge in [0.1, 0.15) is 5.60 Å². The van der Waals surface area contributed by atoms with E-state index in [2.05, 4.69) is 5.32 Å². The second-order valence-corrected chi connectivity index (χ2v) is 8.04. The molecular weight excluding hydrogens is 344 g/mol. The lowest BCUT2D eigenvalue weighted by atomic mass is 9.85. The molecule has 25 heavy (non-hydrogen) atoms. The van der Waals surface area contributed by atoms with Crippen molar-refractivity contribution in [1.29, 1.82) is 0 Å². The molecule has 2 N–H and O–H groups in total. The van der Waals surface area contributed by atoms with Crippen LogP contribution in [0.5, 0.6) is 0 Å². The summed E-state index contributed by atoms with van der Waals surface area (Å²) in [6.45, 7) is 7.96. The summed E-state index contributed by atoms with van der Waals surface area (Å²) >= 11 is 5.91. The summed E-state index contributed by atoms with van der Waals surface area (Å²) < 4.78 is 5.34. The highest BCUT2D eigenvalue weighted by Crippen LogP contribution is 2.30. The van der Waals surface area contributed by atoms with Crippen LogP contribution >= 0.6 is 11.6 Å². The molecule has 1 saturated heterocycles. The lowest BCUT2D eigenvalue weighted by Gasteiger charge is -2.51. The van der Waals surface area contributed by atoms with Gasteiger partial charge in [0, 0.05) is 24.2 Å². The molecule has 6 nitrogen and oxygen atoms in total. The molecule has 0 bridgehead atoms. The van der Waals surface area contributed by atoms with Crippen molar-refractivity contribution in [1.82, 2.24) is 10.2 Å². The molecule has 1 amide bonds. The maximum Gasteiger partial charge on any atom is 0.410 e. The van der Waals surface area contributed by atoms with Crippen molar-refractivity contribution in [3.63, 3.8) is 0 Å². The number of aliphatic carboxylic acids is 1. The molecule has 0 spiro atoms. The van der Waals surface area contributed by atoms with Gasteiger partial charge in [-0.2, -0.15) is 0 Å². The molecule has 7 heteroatoms. The van der Waals surface area contributed by atoms with Crippen molar-refractivity contribution in [2.75, 3.05) is 13.1 Å². The Balaban J connectivity index is 2.04. The number of hydrogen-bond donors (Lipinski definition) is 2. The van der Waals surface area contributed by atoms with E-state index in [0.717, 1.165) is 5.56 Å². The molecule has 1 aromatic carbocycles. The first-order valence-corrected chi connectivity index (χ1v) is 8.60. The van der Waals surface area contributed by atoms with Crippen molar-refractivity contribution in [2.45, 2.75) is 51.3 Å². The van der Waals surface area contributed by atoms with E-state index in [9.17, 15) is 14.7 Å². The molecular formula is C18H25ClN2O4. The van der Waals surface area contributed by atoms with Gasteiger partial charge in [-0.1, -0.05) is 23.7 Å². The Morgan fingerprint density at radius 1 is 1.32 bits per heavy atom. The van der Waals surface area contributed by atoms with Crippen LogP contribution in [0.3, 0.4) is 0 Å². The molecule has 1 fully saturated rings. The van der Waals surface area contributed by atoms with Gasteiger partial charge in [0.05, 0.1) is 12.0 Å². The Morgan fingerprint density at radius 3 is 2.36 bits per heavy atom. The minimum Gasteiger partial charge on any atom is -0.481 e. The van der Waals surface area contributed by atoms with E-state index < -0.39 is 23.2 Å². The minimum atomic E-state index is -0.903. The zero-order valence-electron chi connectivity index (χ0n) is 15.0. The molecule has 1 aromatic rings. The Hall–Kier alpha value is -1.79. The van der Waals surface area contributed by atoms with Gasteiger partial charge in [-0.3, -0.25) is 4.79 Å². The number of rotatable bonds is 5. The first-order valence-electron chi connectivity index (χ1n) is 8.23. The van der Waals surface area contributed by atoms with E-state index in [0.29, 0.717) is 18.1 Å². The molecule has 2 rings (SSSR count). The second-order valence-electron chi connectivity index (χ2n) is 7.60. The van der Waals surface area contributed by atoms with Gasteiger partial charge >= 0.3 is 12.1 Å². The Labute approximate surface area is 153 Å². The van der Waals surface area contributed by atoms with Crippen molar-refractivity contribution in [2.24, 2.45) is 0 Å². The van der Waals surface area contributed by atoms with Crippen LogP contribution < -0.4 is 5.32 Å². The van der Waals surface area contributed by atoms with Crippen molar-refractivity contribution in [3.05, 3.63) is 34.9 Å². The number of amides is 1. The number of benzene rings is 1.